The second kappa shape index (κ2) is 5.55. The Morgan fingerprint density at radius 1 is 1.24 bits per heavy atom. The number of rotatable bonds is 2. The number of hydrogen-bond acceptors (Lipinski definition) is 3. The highest BCUT2D eigenvalue weighted by atomic mass is 79.9. The number of aryl methyl sites for hydroxylation is 1. The van der Waals surface area contributed by atoms with Crippen molar-refractivity contribution in [2.45, 2.75) is 20.0 Å². The molecule has 0 unspecified atom stereocenters. The van der Waals surface area contributed by atoms with Crippen LogP contribution in [0.1, 0.15) is 16.7 Å². The largest absolute Gasteiger partial charge is 0.416 e. The maximum atomic E-state index is 12.8. The third-order valence-corrected chi connectivity index (χ3v) is 4.09. The fourth-order valence-corrected chi connectivity index (χ4v) is 2.17. The third-order valence-electron chi connectivity index (χ3n) is 3.12. The Labute approximate surface area is 128 Å². The minimum Gasteiger partial charge on any atom is -0.397 e. The Kier molecular flexibility index (Phi) is 4.13. The predicted molar refractivity (Wildman–Crippen MR) is 80.6 cm³/mol. The molecule has 7 heteroatoms. The van der Waals surface area contributed by atoms with Crippen molar-refractivity contribution in [1.82, 2.24) is 4.98 Å². The van der Waals surface area contributed by atoms with E-state index in [1.165, 1.54) is 12.3 Å². The van der Waals surface area contributed by atoms with Crippen LogP contribution in [0.5, 0.6) is 0 Å². The van der Waals surface area contributed by atoms with Crippen LogP contribution in [-0.2, 0) is 6.18 Å². The molecule has 21 heavy (non-hydrogen) atoms. The van der Waals surface area contributed by atoms with Crippen molar-refractivity contribution >= 4 is 33.1 Å². The summed E-state index contributed by atoms with van der Waals surface area (Å²) < 4.78 is 38.9. The molecule has 0 aliphatic rings. The van der Waals surface area contributed by atoms with Gasteiger partial charge in [-0.2, -0.15) is 13.2 Å². The van der Waals surface area contributed by atoms with Gasteiger partial charge >= 0.3 is 6.18 Å². The number of anilines is 3. The van der Waals surface area contributed by atoms with Crippen molar-refractivity contribution in [3.63, 3.8) is 0 Å². The lowest BCUT2D eigenvalue weighted by molar-refractivity contribution is -0.137. The van der Waals surface area contributed by atoms with E-state index in [9.17, 15) is 13.2 Å². The second-order valence-electron chi connectivity index (χ2n) is 4.65. The molecule has 2 aromatic rings. The molecule has 0 fully saturated rings. The van der Waals surface area contributed by atoms with Crippen LogP contribution in [0, 0.1) is 13.8 Å². The van der Waals surface area contributed by atoms with Crippen LogP contribution < -0.4 is 11.1 Å². The number of benzene rings is 1. The van der Waals surface area contributed by atoms with Crippen molar-refractivity contribution < 1.29 is 13.2 Å². The number of alkyl halides is 3. The summed E-state index contributed by atoms with van der Waals surface area (Å²) in [6.07, 6.45) is -2.92. The van der Waals surface area contributed by atoms with Gasteiger partial charge < -0.3 is 11.1 Å². The second-order valence-corrected chi connectivity index (χ2v) is 5.45. The molecule has 1 aromatic heterocycles. The Hall–Kier alpha value is -1.76. The van der Waals surface area contributed by atoms with Crippen LogP contribution in [0.15, 0.2) is 28.9 Å². The minimum atomic E-state index is -4.38. The average molecular weight is 360 g/mol. The number of nitrogen functional groups attached to an aromatic ring is 1. The Balaban J connectivity index is 2.42. The first-order chi connectivity index (χ1) is 9.70. The first kappa shape index (κ1) is 15.6. The van der Waals surface area contributed by atoms with Crippen molar-refractivity contribution in [3.05, 3.63) is 45.6 Å². The van der Waals surface area contributed by atoms with Crippen LogP contribution >= 0.6 is 15.9 Å². The maximum Gasteiger partial charge on any atom is 0.416 e. The molecular weight excluding hydrogens is 347 g/mol. The number of nitrogens with two attached hydrogens (primary N) is 1. The average Bonchev–Trinajstić information content (AvgIpc) is 2.40. The van der Waals surface area contributed by atoms with Gasteiger partial charge in [0.25, 0.3) is 0 Å². The quantitative estimate of drug-likeness (QED) is 0.809. The lowest BCUT2D eigenvalue weighted by Crippen LogP contribution is -2.07. The Morgan fingerprint density at radius 2 is 1.90 bits per heavy atom. The SMILES string of the molecule is Cc1ccc(C(F)(F)F)cc1Nc1ncc(N)c(C)c1Br. The highest BCUT2D eigenvalue weighted by Gasteiger charge is 2.30. The third kappa shape index (κ3) is 3.29. The molecule has 1 aromatic carbocycles. The van der Waals surface area contributed by atoms with Crippen LogP contribution in [0.2, 0.25) is 0 Å². The van der Waals surface area contributed by atoms with Crippen LogP contribution in [0.25, 0.3) is 0 Å². The van der Waals surface area contributed by atoms with Gasteiger partial charge in [0.15, 0.2) is 0 Å². The summed E-state index contributed by atoms with van der Waals surface area (Å²) in [6, 6.07) is 3.54. The topological polar surface area (TPSA) is 50.9 Å². The predicted octanol–water partition coefficient (Wildman–Crippen LogP) is 4.81. The maximum absolute atomic E-state index is 12.8. The van der Waals surface area contributed by atoms with E-state index in [1.807, 2.05) is 0 Å². The molecule has 0 atom stereocenters. The van der Waals surface area contributed by atoms with E-state index < -0.39 is 11.7 Å². The fourth-order valence-electron chi connectivity index (χ4n) is 1.74. The molecule has 0 saturated heterocycles. The molecule has 0 aliphatic carbocycles. The van der Waals surface area contributed by atoms with Crippen LogP contribution in [0.3, 0.4) is 0 Å². The number of nitrogens with zero attached hydrogens (tertiary/aromatic N) is 1. The lowest BCUT2D eigenvalue weighted by atomic mass is 10.1. The summed E-state index contributed by atoms with van der Waals surface area (Å²) >= 11 is 3.34. The van der Waals surface area contributed by atoms with E-state index in [4.69, 9.17) is 5.73 Å². The summed E-state index contributed by atoms with van der Waals surface area (Å²) in [5, 5.41) is 2.91. The van der Waals surface area contributed by atoms with Gasteiger partial charge in [0.1, 0.15) is 5.82 Å². The van der Waals surface area contributed by atoms with Gasteiger partial charge in [-0.15, -0.1) is 0 Å². The van der Waals surface area contributed by atoms with E-state index in [0.717, 1.165) is 17.7 Å². The zero-order valence-electron chi connectivity index (χ0n) is 11.3. The molecule has 0 bridgehead atoms. The normalized spacial score (nSPS) is 11.5. The summed E-state index contributed by atoms with van der Waals surface area (Å²) in [7, 11) is 0. The number of hydrogen-bond donors (Lipinski definition) is 2. The van der Waals surface area contributed by atoms with Crippen molar-refractivity contribution in [2.75, 3.05) is 11.1 Å². The van der Waals surface area contributed by atoms with Gasteiger partial charge in [-0.1, -0.05) is 6.07 Å². The molecule has 2 rings (SSSR count). The molecule has 0 radical (unpaired) electrons. The van der Waals surface area contributed by atoms with E-state index >= 15 is 0 Å². The summed E-state index contributed by atoms with van der Waals surface area (Å²) in [6.45, 7) is 3.52. The smallest absolute Gasteiger partial charge is 0.397 e. The first-order valence-corrected chi connectivity index (χ1v) is 6.85. The number of nitrogens with one attached hydrogen (secondary N) is 1. The summed E-state index contributed by atoms with van der Waals surface area (Å²) in [5.74, 6) is 0.420. The van der Waals surface area contributed by atoms with E-state index in [2.05, 4.69) is 26.2 Å². The molecule has 0 amide bonds. The zero-order chi connectivity index (χ0) is 15.8. The highest BCUT2D eigenvalue weighted by Crippen LogP contribution is 2.35. The van der Waals surface area contributed by atoms with Crippen molar-refractivity contribution in [1.29, 1.82) is 0 Å². The zero-order valence-corrected chi connectivity index (χ0v) is 12.9. The van der Waals surface area contributed by atoms with Gasteiger partial charge in [0.2, 0.25) is 0 Å². The van der Waals surface area contributed by atoms with Crippen molar-refractivity contribution in [3.8, 4) is 0 Å². The summed E-state index contributed by atoms with van der Waals surface area (Å²) in [4.78, 5) is 4.10. The lowest BCUT2D eigenvalue weighted by Gasteiger charge is -2.15. The van der Waals surface area contributed by atoms with Crippen LogP contribution in [-0.4, -0.2) is 4.98 Å². The van der Waals surface area contributed by atoms with Crippen molar-refractivity contribution in [2.24, 2.45) is 0 Å². The summed E-state index contributed by atoms with van der Waals surface area (Å²) in [5.41, 5.74) is 7.33. The Morgan fingerprint density at radius 3 is 2.52 bits per heavy atom. The van der Waals surface area contributed by atoms with Gasteiger partial charge in [-0.05, 0) is 53.0 Å². The molecular formula is C14H13BrF3N3. The standard InChI is InChI=1S/C14H13BrF3N3/c1-7-3-4-9(14(16,17)18)5-11(7)21-13-12(15)8(2)10(19)6-20-13/h3-6H,19H2,1-2H3,(H,20,21). The number of aromatic nitrogens is 1. The molecule has 3 nitrogen and oxygen atoms in total. The van der Waals surface area contributed by atoms with Gasteiger partial charge in [-0.3, -0.25) is 0 Å². The molecule has 112 valence electrons. The van der Waals surface area contributed by atoms with Gasteiger partial charge in [0.05, 0.1) is 21.9 Å². The highest BCUT2D eigenvalue weighted by molar-refractivity contribution is 9.10. The Bertz CT molecular complexity index is 684. The van der Waals surface area contributed by atoms with E-state index in [1.54, 1.807) is 13.8 Å². The molecule has 0 aliphatic heterocycles. The minimum absolute atomic E-state index is 0.349. The molecule has 0 spiro atoms. The first-order valence-electron chi connectivity index (χ1n) is 6.05. The van der Waals surface area contributed by atoms with E-state index in [-0.39, 0.29) is 0 Å². The number of pyridine rings is 1. The molecule has 3 N–H and O–H groups in total. The monoisotopic (exact) mass is 359 g/mol. The molecule has 0 saturated carbocycles. The molecule has 1 heterocycles. The van der Waals surface area contributed by atoms with Gasteiger partial charge in [0, 0.05) is 5.69 Å². The van der Waals surface area contributed by atoms with E-state index in [0.29, 0.717) is 27.2 Å². The number of halogens is 4. The van der Waals surface area contributed by atoms with Crippen LogP contribution in [0.4, 0.5) is 30.4 Å². The van der Waals surface area contributed by atoms with Gasteiger partial charge in [-0.25, -0.2) is 4.98 Å². The fraction of sp³-hybridized carbons (Fsp3) is 0.214.